The first-order valence-electron chi connectivity index (χ1n) is 7.66. The van der Waals surface area contributed by atoms with Crippen LogP contribution in [0.15, 0.2) is 18.3 Å². The number of hydrogen-bond donors (Lipinski definition) is 0. The van der Waals surface area contributed by atoms with E-state index in [-0.39, 0.29) is 0 Å². The van der Waals surface area contributed by atoms with Gasteiger partial charge in [-0.1, -0.05) is 0 Å². The van der Waals surface area contributed by atoms with Gasteiger partial charge >= 0.3 is 112 Å². The van der Waals surface area contributed by atoms with Gasteiger partial charge in [0.05, 0.1) is 0 Å². The number of allylic oxidation sites excluding steroid dienone is 4. The molecule has 0 radical (unpaired) electrons. The van der Waals surface area contributed by atoms with Crippen LogP contribution in [-0.2, 0) is 0 Å². The summed E-state index contributed by atoms with van der Waals surface area (Å²) >= 11 is -1.99. The fraction of sp³-hybridized carbons (Fsp3) is 0.750. The molecule has 1 heteroatoms. The zero-order valence-corrected chi connectivity index (χ0v) is 15.0. The molecule has 0 unspecified atom stereocenters. The van der Waals surface area contributed by atoms with Gasteiger partial charge in [-0.05, 0) is 0 Å². The second-order valence-corrected chi connectivity index (χ2v) is 18.1. The summed E-state index contributed by atoms with van der Waals surface area (Å²) in [7, 11) is 0. The molecule has 0 aromatic heterocycles. The molecule has 0 amide bonds. The van der Waals surface area contributed by atoms with Crippen LogP contribution in [0.25, 0.3) is 0 Å². The normalized spacial score (nSPS) is 23.3. The van der Waals surface area contributed by atoms with Crippen LogP contribution in [0.2, 0.25) is 8.87 Å². The molecule has 0 saturated heterocycles. The van der Waals surface area contributed by atoms with E-state index in [1.54, 1.807) is 8.87 Å². The van der Waals surface area contributed by atoms with Crippen molar-refractivity contribution in [1.82, 2.24) is 0 Å². The van der Waals surface area contributed by atoms with E-state index in [9.17, 15) is 0 Å². The van der Waals surface area contributed by atoms with Gasteiger partial charge in [0.15, 0.2) is 0 Å². The molecule has 96 valence electrons. The van der Waals surface area contributed by atoms with Gasteiger partial charge in [-0.2, -0.15) is 0 Å². The van der Waals surface area contributed by atoms with Crippen LogP contribution in [0, 0.1) is 0 Å². The third kappa shape index (κ3) is 2.05. The Kier molecular flexibility index (Phi) is 4.44. The summed E-state index contributed by atoms with van der Waals surface area (Å²) in [5.74, 6) is 0. The van der Waals surface area contributed by atoms with E-state index in [1.807, 2.05) is 18.3 Å². The first-order chi connectivity index (χ1) is 8.23. The van der Waals surface area contributed by atoms with Gasteiger partial charge in [0.2, 0.25) is 0 Å². The zero-order valence-electron chi connectivity index (χ0n) is 12.2. The van der Waals surface area contributed by atoms with Crippen molar-refractivity contribution in [3.63, 3.8) is 0 Å². The molecule has 2 rings (SSSR count). The Hall–Kier alpha value is 0.279. The molecule has 2 aliphatic heterocycles. The zero-order chi connectivity index (χ0) is 12.5. The van der Waals surface area contributed by atoms with Crippen LogP contribution < -0.4 is 0 Å². The van der Waals surface area contributed by atoms with E-state index >= 15 is 0 Å². The van der Waals surface area contributed by atoms with Crippen LogP contribution in [0.5, 0.6) is 0 Å². The van der Waals surface area contributed by atoms with Crippen molar-refractivity contribution in [3.8, 4) is 0 Å². The maximum atomic E-state index is 2.42. The van der Waals surface area contributed by atoms with Gasteiger partial charge in [-0.15, -0.1) is 0 Å². The first kappa shape index (κ1) is 13.7. The molecule has 0 aromatic carbocycles. The molecule has 0 saturated carbocycles. The van der Waals surface area contributed by atoms with Gasteiger partial charge < -0.3 is 0 Å². The van der Waals surface area contributed by atoms with Gasteiger partial charge in [-0.3, -0.25) is 0 Å². The second-order valence-electron chi connectivity index (χ2n) is 5.66. The van der Waals surface area contributed by atoms with Crippen molar-refractivity contribution in [2.75, 3.05) is 0 Å². The maximum absolute atomic E-state index is 2.42. The Morgan fingerprint density at radius 3 is 1.41 bits per heavy atom. The minimum atomic E-state index is -1.99. The van der Waals surface area contributed by atoms with E-state index in [2.05, 4.69) is 27.7 Å². The molecule has 0 N–H and O–H groups in total. The molecule has 17 heavy (non-hydrogen) atoms. The predicted molar refractivity (Wildman–Crippen MR) is 79.8 cm³/mol. The SMILES string of the molecule is CCC1=[C](CC)[Sn]2([CH2]C1)[CH2]CC(CC)=[C]2CC. The summed E-state index contributed by atoms with van der Waals surface area (Å²) in [5.41, 5.74) is 3.76. The fourth-order valence-corrected chi connectivity index (χ4v) is 23.4. The van der Waals surface area contributed by atoms with E-state index in [0.29, 0.717) is 0 Å². The molecule has 0 bridgehead atoms. The topological polar surface area (TPSA) is 0 Å². The third-order valence-electron chi connectivity index (χ3n) is 5.28. The summed E-state index contributed by atoms with van der Waals surface area (Å²) in [6.07, 6.45) is 8.35. The minimum absolute atomic E-state index is 1.33. The average molecular weight is 339 g/mol. The molecule has 2 aliphatic rings. The molecule has 1 spiro atoms. The van der Waals surface area contributed by atoms with Gasteiger partial charge in [-0.25, -0.2) is 0 Å². The van der Waals surface area contributed by atoms with Gasteiger partial charge in [0, 0.05) is 0 Å². The summed E-state index contributed by atoms with van der Waals surface area (Å²) in [6.45, 7) is 9.60. The molecule has 0 aliphatic carbocycles. The Labute approximate surface area is 111 Å². The molecular weight excluding hydrogens is 311 g/mol. The van der Waals surface area contributed by atoms with Crippen LogP contribution >= 0.6 is 0 Å². The van der Waals surface area contributed by atoms with Crippen molar-refractivity contribution in [1.29, 1.82) is 0 Å². The number of rotatable bonds is 4. The summed E-state index contributed by atoms with van der Waals surface area (Å²) < 4.78 is 7.35. The second kappa shape index (κ2) is 5.50. The molecule has 2 heterocycles. The Bertz CT molecular complexity index is 324. The Balaban J connectivity index is 2.45. The summed E-state index contributed by atoms with van der Waals surface area (Å²) in [6, 6.07) is 0. The van der Waals surface area contributed by atoms with Gasteiger partial charge in [0.1, 0.15) is 0 Å². The first-order valence-corrected chi connectivity index (χ1v) is 14.5. The monoisotopic (exact) mass is 340 g/mol. The standard InChI is InChI=1S/2C8H14.Sn/c2*1-4-7-8(5-2)6-3;/h2*2,4-6H2,1,3H3;. The van der Waals surface area contributed by atoms with E-state index in [1.165, 1.54) is 38.5 Å². The molecule has 0 nitrogen and oxygen atoms in total. The van der Waals surface area contributed by atoms with Crippen LogP contribution in [-0.4, -0.2) is 18.4 Å². The average Bonchev–Trinajstić information content (AvgIpc) is 2.90. The third-order valence-corrected chi connectivity index (χ3v) is 22.2. The molecule has 0 atom stereocenters. The van der Waals surface area contributed by atoms with Crippen molar-refractivity contribution in [2.45, 2.75) is 75.1 Å². The van der Waals surface area contributed by atoms with Crippen molar-refractivity contribution in [3.05, 3.63) is 18.3 Å². The van der Waals surface area contributed by atoms with E-state index in [0.717, 1.165) is 0 Å². The van der Waals surface area contributed by atoms with Gasteiger partial charge in [0.25, 0.3) is 0 Å². The summed E-state index contributed by atoms with van der Waals surface area (Å²) in [5, 5.41) is 0. The number of hydrogen-bond acceptors (Lipinski definition) is 0. The predicted octanol–water partition coefficient (Wildman–Crippen LogP) is 5.55. The summed E-state index contributed by atoms with van der Waals surface area (Å²) in [4.78, 5) is 0. The van der Waals surface area contributed by atoms with Crippen molar-refractivity contribution < 1.29 is 0 Å². The van der Waals surface area contributed by atoms with E-state index < -0.39 is 18.4 Å². The fourth-order valence-electron chi connectivity index (χ4n) is 4.57. The van der Waals surface area contributed by atoms with Crippen LogP contribution in [0.1, 0.15) is 66.2 Å². The van der Waals surface area contributed by atoms with Crippen molar-refractivity contribution in [2.24, 2.45) is 0 Å². The van der Waals surface area contributed by atoms with Crippen molar-refractivity contribution >= 4 is 18.4 Å². The Morgan fingerprint density at radius 1 is 0.706 bits per heavy atom. The molecule has 0 aromatic rings. The van der Waals surface area contributed by atoms with Crippen LogP contribution in [0.3, 0.4) is 0 Å². The Morgan fingerprint density at radius 2 is 1.12 bits per heavy atom. The molecule has 0 fully saturated rings. The van der Waals surface area contributed by atoms with Crippen LogP contribution in [0.4, 0.5) is 0 Å². The quantitative estimate of drug-likeness (QED) is 0.589. The van der Waals surface area contributed by atoms with E-state index in [4.69, 9.17) is 0 Å². The molecular formula is C16H28Sn.